The van der Waals surface area contributed by atoms with E-state index >= 15 is 0 Å². The first kappa shape index (κ1) is 168. The Bertz CT molecular complexity index is 2010. The van der Waals surface area contributed by atoms with E-state index in [1.165, 1.54) is 50.5 Å². The van der Waals surface area contributed by atoms with Crippen molar-refractivity contribution in [3.63, 3.8) is 0 Å². The molecule has 0 rings (SSSR count). The number of ether oxygens (including phenoxy) is 1. The molecule has 660 valence electrons. The van der Waals surface area contributed by atoms with Gasteiger partial charge in [-0.1, -0.05) is 77.5 Å². The molecule has 0 heterocycles. The van der Waals surface area contributed by atoms with Crippen LogP contribution >= 0.6 is 21.8 Å². The Morgan fingerprint density at radius 3 is 0.731 bits per heavy atom. The zero-order valence-corrected chi connectivity index (χ0v) is 89.5. The maximum absolute atomic E-state index is 7.32. The van der Waals surface area contributed by atoms with E-state index in [0.717, 1.165) is 10.2 Å². The van der Waals surface area contributed by atoms with Crippen molar-refractivity contribution < 1.29 is 32.8 Å². The van der Waals surface area contributed by atoms with E-state index < -0.39 is 30.1 Å². The number of rotatable bonds is 6. The van der Waals surface area contributed by atoms with Crippen molar-refractivity contribution in [2.75, 3.05) is 230 Å². The van der Waals surface area contributed by atoms with Crippen LogP contribution in [-0.2, 0) is 28.3 Å². The van der Waals surface area contributed by atoms with Gasteiger partial charge in [-0.15, -0.1) is 37.3 Å². The standard InChI is InChI=1S/C7H18N.C7H12.C6H12.C5H15NP.C5H12O.C5H12.C4H12N2.C4H9N.C4H12OP.C4H12OSi.C4H11P.C4H6.C3H9NO.2C3H5N.C3H6.C2H6N2.C2H5N.C2H4N.C2H3N.C2H6O2.2C2H6/c1-7(2,3)8(4,5)6;1-6(2)5-7(3)4;1-5(2)6(3)4;1-6(2)7(3,4)5;1-5(2,3)6-4;1-5(2,3)4;1-5(2)6(3)4;1-4(2)5-3;2*1-5-6(2,3)4;1-5(2,3)4;1-3-4-2;1-4(2)5-3;2*1-3-4-2;1-3-2;1-3-4-2;2*1-3-2;1-2-3;1-3-4-2;2*1-2/h1-6H3;1-4H3;1-4H3;1-5H3;1-4H3;1-4H3;1-4H3;1-3H3;2*1-4H3;1H2,2-4H3;1-2H3;1-3H3;2*1H2,2H3;3H,1H2,2H3;1-2H3;1H2,2H3;1H,2H3;1H3;1-2H3;2*1-2H3/q+1;;;+1;;;;;+1;;;;;;;;;;+1;;;;. The number of nitrogens with zero attached hydrogens (tertiary/aromatic N) is 13. The Morgan fingerprint density at radius 1 is 0.593 bits per heavy atom. The van der Waals surface area contributed by atoms with Crippen molar-refractivity contribution in [1.82, 2.24) is 19.8 Å². The molecule has 0 saturated carbocycles. The lowest BCUT2D eigenvalue weighted by atomic mass is 10.0. The second-order valence-electron chi connectivity index (χ2n) is 30.2. The Kier molecular flexibility index (Phi) is 202. The lowest BCUT2D eigenvalue weighted by molar-refractivity contribution is -0.917. The van der Waals surface area contributed by atoms with Crippen molar-refractivity contribution in [3.8, 4) is 24.5 Å². The van der Waals surface area contributed by atoms with Crippen LogP contribution in [0.15, 0.2) is 84.0 Å². The van der Waals surface area contributed by atoms with Gasteiger partial charge in [-0.25, -0.2) is 34.3 Å². The molecule has 0 aliphatic heterocycles. The van der Waals surface area contributed by atoms with E-state index in [1.54, 1.807) is 87.9 Å². The van der Waals surface area contributed by atoms with Gasteiger partial charge in [-0.05, 0) is 219 Å². The Balaban J connectivity index is -0.0000000335. The van der Waals surface area contributed by atoms with E-state index in [2.05, 4.69) is 314 Å². The van der Waals surface area contributed by atoms with Crippen LogP contribution in [0.3, 0.4) is 0 Å². The summed E-state index contributed by atoms with van der Waals surface area (Å²) >= 11 is 0. The predicted molar refractivity (Wildman–Crippen MR) is 525 cm³/mol. The summed E-state index contributed by atoms with van der Waals surface area (Å²) in [5.74, 6) is 9.97. The molecule has 0 aliphatic rings. The smallest absolute Gasteiger partial charge is 0.257 e. The monoisotopic (exact) mass is 1620 g/mol. The molecule has 0 aromatic rings. The normalized spacial score (nSPS) is 8.87. The molecule has 23 heteroatoms. The van der Waals surface area contributed by atoms with Gasteiger partial charge in [0.2, 0.25) is 0 Å². The summed E-state index contributed by atoms with van der Waals surface area (Å²) in [5, 5.41) is 19.7. The summed E-state index contributed by atoms with van der Waals surface area (Å²) in [6.45, 7) is 100. The third-order valence-electron chi connectivity index (χ3n) is 9.03. The van der Waals surface area contributed by atoms with Crippen LogP contribution in [0.1, 0.15) is 194 Å². The number of quaternary nitrogens is 1. The molecule has 0 amide bonds. The summed E-state index contributed by atoms with van der Waals surface area (Å²) in [7, 11) is 41.1. The molecule has 108 heavy (non-hydrogen) atoms. The second kappa shape index (κ2) is 130. The molecule has 0 aromatic carbocycles. The lowest BCUT2D eigenvalue weighted by Gasteiger charge is -2.38. The van der Waals surface area contributed by atoms with Crippen molar-refractivity contribution >= 4 is 60.6 Å². The molecule has 0 spiro atoms. The highest BCUT2D eigenvalue weighted by Crippen LogP contribution is 2.48. The fourth-order valence-electron chi connectivity index (χ4n) is 0.500. The summed E-state index contributed by atoms with van der Waals surface area (Å²) < 4.78 is 18.4. The number of hydroxylamine groups is 2. The minimum atomic E-state index is -1.13. The predicted octanol–water partition coefficient (Wildman–Crippen LogP) is 24.2. The van der Waals surface area contributed by atoms with Crippen molar-refractivity contribution in [3.05, 3.63) is 58.7 Å². The summed E-state index contributed by atoms with van der Waals surface area (Å²) in [6.07, 6.45) is 5.63. The molecule has 0 radical (unpaired) electrons. The lowest BCUT2D eigenvalue weighted by Crippen LogP contribution is -2.50. The Morgan fingerprint density at radius 2 is 0.731 bits per heavy atom. The van der Waals surface area contributed by atoms with Crippen LogP contribution in [0.25, 0.3) is 4.85 Å². The Labute approximate surface area is 687 Å². The first-order valence-corrected chi connectivity index (χ1v) is 48.6. The number of allylic oxidation sites excluding steroid dienone is 4. The number of nitriles is 1. The fraction of sp³-hybridized carbons (Fsp3) is 0.788. The van der Waals surface area contributed by atoms with Crippen molar-refractivity contribution in [1.29, 1.82) is 5.26 Å². The second-order valence-corrected chi connectivity index (χ2v) is 48.2. The maximum Gasteiger partial charge on any atom is 0.257 e. The van der Waals surface area contributed by atoms with Crippen LogP contribution in [0.2, 0.25) is 19.6 Å². The van der Waals surface area contributed by atoms with Crippen molar-refractivity contribution in [2.45, 2.75) is 225 Å². The molecule has 0 aromatic heterocycles. The fourth-order valence-corrected chi connectivity index (χ4v) is 0.500. The van der Waals surface area contributed by atoms with Gasteiger partial charge in [0.15, 0.2) is 8.32 Å². The summed E-state index contributed by atoms with van der Waals surface area (Å²) in [4.78, 5) is 29.5. The van der Waals surface area contributed by atoms with Gasteiger partial charge in [0.25, 0.3) is 13.6 Å². The summed E-state index contributed by atoms with van der Waals surface area (Å²) in [5.41, 5.74) is 10.5. The highest BCUT2D eigenvalue weighted by atomic mass is 31.2. The average molecular weight is 1630 g/mol. The van der Waals surface area contributed by atoms with Gasteiger partial charge in [0, 0.05) is 126 Å². The molecular formula is C85H204N13O6P3Si+4. The average Bonchev–Trinajstić information content (AvgIpc) is 0.874. The maximum atomic E-state index is 7.32. The highest BCUT2D eigenvalue weighted by Gasteiger charge is 2.26. The van der Waals surface area contributed by atoms with Gasteiger partial charge in [-0.2, -0.15) is 25.2 Å². The van der Waals surface area contributed by atoms with E-state index in [4.69, 9.17) is 18.9 Å². The number of azo groups is 1. The van der Waals surface area contributed by atoms with Gasteiger partial charge in [0.05, 0.1) is 114 Å². The van der Waals surface area contributed by atoms with Crippen LogP contribution in [0.5, 0.6) is 0 Å². The molecule has 19 nitrogen and oxygen atoms in total. The van der Waals surface area contributed by atoms with Crippen LogP contribution in [0, 0.1) is 35.2 Å². The third-order valence-corrected chi connectivity index (χ3v) is 13.8. The number of aliphatic imine (C=N–C) groups is 4. The summed E-state index contributed by atoms with van der Waals surface area (Å²) in [6, 6.07) is 1.75. The minimum Gasteiger partial charge on any atom is -0.421 e. The molecule has 0 saturated heterocycles. The van der Waals surface area contributed by atoms with E-state index in [9.17, 15) is 0 Å². The molecule has 0 bridgehead atoms. The van der Waals surface area contributed by atoms with Crippen LogP contribution in [0.4, 0.5) is 0 Å². The quantitative estimate of drug-likeness (QED) is 0.0237. The number of hydrazine groups is 1. The third kappa shape index (κ3) is 615. The van der Waals surface area contributed by atoms with Crippen molar-refractivity contribution in [2.24, 2.45) is 35.6 Å². The van der Waals surface area contributed by atoms with E-state index in [0.29, 0.717) is 11.0 Å². The van der Waals surface area contributed by atoms with E-state index in [1.807, 2.05) is 163 Å². The topological polar surface area (TPSA) is 171 Å². The van der Waals surface area contributed by atoms with Gasteiger partial charge < -0.3 is 23.5 Å². The SMILES string of the molecule is C#[N+]C.C=C=NC.C=C=NC.C=CC.C=NC.C=P(C)(C)C.CC.CC.CC#CC.CC#N.CC(C)(C)C.CC(C)(C)[N+](C)(C)C.CC(C)=C(C)C.CC(C)=C=C(C)C.CN(C)N(C)C.CN(C)[P+](C)(C)C.CN=C(C)C.CN=NC.COC(C)(C)C.CON(C)C.COOC.CO[P+](C)(C)C.CO[Si](C)(C)C. The molecule has 0 aliphatic carbocycles. The zero-order chi connectivity index (χ0) is 94.3. The van der Waals surface area contributed by atoms with Gasteiger partial charge >= 0.3 is 0 Å². The van der Waals surface area contributed by atoms with Gasteiger partial charge in [-0.3, -0.25) is 4.99 Å². The molecule has 0 N–H and O–H groups in total. The first-order valence-electron chi connectivity index (χ1n) is 35.8. The zero-order valence-electron chi connectivity index (χ0n) is 85.8. The molecule has 0 atom stereocenters. The van der Waals surface area contributed by atoms with Crippen LogP contribution < -0.4 is 0 Å². The molecule has 0 unspecified atom stereocenters. The highest BCUT2D eigenvalue weighted by molar-refractivity contribution is 7.71. The largest absolute Gasteiger partial charge is 0.421 e. The number of hydrogen-bond acceptors (Lipinski definition) is 17. The first-order chi connectivity index (χ1) is 48.1. The molecular weight excluding hydrogens is 1420 g/mol. The number of hydrogen-bond donors (Lipinski definition) is 0. The Hall–Kier alpha value is -3.68. The minimum absolute atomic E-state index is 0.0417. The number of methoxy groups -OCH3 is 1. The molecule has 0 fully saturated rings. The van der Waals surface area contributed by atoms with Gasteiger partial charge in [0.1, 0.15) is 7.49 Å². The van der Waals surface area contributed by atoms with E-state index in [-0.39, 0.29) is 5.60 Å². The van der Waals surface area contributed by atoms with Crippen LogP contribution in [-0.4, -0.2) is 304 Å².